The van der Waals surface area contributed by atoms with Gasteiger partial charge in [0.2, 0.25) is 11.8 Å². The van der Waals surface area contributed by atoms with Crippen LogP contribution in [0.3, 0.4) is 0 Å². The summed E-state index contributed by atoms with van der Waals surface area (Å²) in [4.78, 5) is 33.4. The molecule has 0 aliphatic heterocycles. The maximum absolute atomic E-state index is 13.0. The molecule has 5 rings (SSSR count). The summed E-state index contributed by atoms with van der Waals surface area (Å²) >= 11 is 0. The lowest BCUT2D eigenvalue weighted by Crippen LogP contribution is -2.44. The molecule has 0 saturated carbocycles. The average molecular weight is 829 g/mol. The number of nitrogens with zero attached hydrogens (tertiary/aromatic N) is 2. The molecule has 2 heterocycles. The van der Waals surface area contributed by atoms with Crippen molar-refractivity contribution in [2.45, 2.75) is 63.7 Å². The predicted octanol–water partition coefficient (Wildman–Crippen LogP) is 4.81. The maximum atomic E-state index is 13.0. The van der Waals surface area contributed by atoms with E-state index in [2.05, 4.69) is 20.6 Å². The molecule has 0 fully saturated rings. The molecule has 0 saturated heterocycles. The average Bonchev–Trinajstić information content (AvgIpc) is 3.12. The first-order chi connectivity index (χ1) is 25.3. The molecule has 18 heteroatoms. The van der Waals surface area contributed by atoms with Crippen LogP contribution in [0.4, 0.5) is 11.5 Å². The Balaban J connectivity index is 0.000000246. The monoisotopic (exact) mass is 828 g/mol. The molecule has 2 amide bonds. The highest BCUT2D eigenvalue weighted by Crippen LogP contribution is 2.30. The number of para-hydroxylation sites is 1. The van der Waals surface area contributed by atoms with Crippen molar-refractivity contribution in [3.63, 3.8) is 0 Å². The van der Waals surface area contributed by atoms with E-state index in [1.807, 2.05) is 31.2 Å². The summed E-state index contributed by atoms with van der Waals surface area (Å²) in [7, 11) is -15.1. The van der Waals surface area contributed by atoms with Crippen LogP contribution in [0.5, 0.6) is 0 Å². The number of nitrogens with one attached hydrogen (secondary N) is 2. The second kappa shape index (κ2) is 15.6. The molecule has 0 aliphatic rings. The highest BCUT2D eigenvalue weighted by atomic mass is 32.2. The maximum Gasteiger partial charge on any atom is 0.246 e. The molecular formula is C37H40N4O10S4. The molecule has 0 bridgehead atoms. The Morgan fingerprint density at radius 2 is 0.982 bits per heavy atom. The fraction of sp³-hybridized carbons (Fsp3) is 0.243. The molecule has 0 spiro atoms. The van der Waals surface area contributed by atoms with Gasteiger partial charge in [0.05, 0.1) is 37.0 Å². The number of anilines is 2. The lowest BCUT2D eigenvalue weighted by molar-refractivity contribution is -0.118. The number of hydrogen-bond donors (Lipinski definition) is 2. The fourth-order valence-corrected chi connectivity index (χ4v) is 8.81. The Kier molecular flexibility index (Phi) is 12.1. The van der Waals surface area contributed by atoms with Crippen LogP contribution in [0.2, 0.25) is 0 Å². The Morgan fingerprint density at radius 1 is 0.545 bits per heavy atom. The summed E-state index contributed by atoms with van der Waals surface area (Å²) in [6.07, 6.45) is 5.08. The smallest absolute Gasteiger partial charge is 0.246 e. The number of carbonyl (C=O) groups is 2. The third kappa shape index (κ3) is 9.44. The highest BCUT2D eigenvalue weighted by molar-refractivity contribution is 7.94. The van der Waals surface area contributed by atoms with Crippen LogP contribution in [-0.4, -0.2) is 77.5 Å². The lowest BCUT2D eigenvalue weighted by atomic mass is 10.1. The predicted molar refractivity (Wildman–Crippen MR) is 210 cm³/mol. The molecule has 0 aliphatic carbocycles. The van der Waals surface area contributed by atoms with E-state index in [9.17, 15) is 43.3 Å². The molecule has 2 N–H and O–H groups in total. The van der Waals surface area contributed by atoms with E-state index in [1.54, 1.807) is 24.4 Å². The molecule has 292 valence electrons. The fourth-order valence-electron chi connectivity index (χ4n) is 4.79. The van der Waals surface area contributed by atoms with Crippen molar-refractivity contribution in [2.75, 3.05) is 23.1 Å². The van der Waals surface area contributed by atoms with Gasteiger partial charge in [-0.15, -0.1) is 0 Å². The van der Waals surface area contributed by atoms with Gasteiger partial charge in [-0.2, -0.15) is 0 Å². The quantitative estimate of drug-likeness (QED) is 0.194. The zero-order chi connectivity index (χ0) is 41.2. The van der Waals surface area contributed by atoms with E-state index in [4.69, 9.17) is 0 Å². The SMILES string of the molecule is CC(C)(C(=O)Nc1cnc2ccccc2c1)S(=O)(=O)c1ccc(S(C)(=O)=O)cc1.Cc1ccc(NC(=O)C(C)(C)S(=O)(=O)c2ccc(S(C)(=O)=O)cc2)nc1. The summed E-state index contributed by atoms with van der Waals surface area (Å²) in [5.74, 6) is -1.21. The number of aromatic nitrogens is 2. The van der Waals surface area contributed by atoms with Gasteiger partial charge in [0, 0.05) is 24.1 Å². The number of benzene rings is 3. The van der Waals surface area contributed by atoms with Gasteiger partial charge in [0.25, 0.3) is 0 Å². The van der Waals surface area contributed by atoms with Crippen molar-refractivity contribution in [3.8, 4) is 0 Å². The summed E-state index contributed by atoms with van der Waals surface area (Å²) in [6, 6.07) is 22.0. The molecule has 2 aromatic heterocycles. The van der Waals surface area contributed by atoms with Crippen molar-refractivity contribution in [1.29, 1.82) is 0 Å². The number of pyridine rings is 2. The van der Waals surface area contributed by atoms with Crippen LogP contribution >= 0.6 is 0 Å². The number of aryl methyl sites for hydroxylation is 1. The van der Waals surface area contributed by atoms with E-state index >= 15 is 0 Å². The molecule has 14 nitrogen and oxygen atoms in total. The summed E-state index contributed by atoms with van der Waals surface area (Å²) < 4.78 is 94.4. The number of sulfone groups is 4. The summed E-state index contributed by atoms with van der Waals surface area (Å²) in [5, 5.41) is 5.91. The number of carbonyl (C=O) groups excluding carboxylic acids is 2. The first kappa shape index (κ1) is 42.7. The molecule has 0 atom stereocenters. The second-order valence-corrected chi connectivity index (χ2v) is 22.6. The summed E-state index contributed by atoms with van der Waals surface area (Å²) in [6.45, 7) is 7.02. The van der Waals surface area contributed by atoms with Gasteiger partial charge >= 0.3 is 0 Å². The van der Waals surface area contributed by atoms with Gasteiger partial charge in [-0.05, 0) is 107 Å². The number of rotatable bonds is 10. The Morgan fingerprint density at radius 3 is 1.42 bits per heavy atom. The van der Waals surface area contributed by atoms with Gasteiger partial charge in [-0.3, -0.25) is 14.6 Å². The van der Waals surface area contributed by atoms with Crippen molar-refractivity contribution in [1.82, 2.24) is 9.97 Å². The molecule has 0 unspecified atom stereocenters. The number of fused-ring (bicyclic) bond motifs is 1. The van der Waals surface area contributed by atoms with Gasteiger partial charge < -0.3 is 10.6 Å². The van der Waals surface area contributed by atoms with Gasteiger partial charge in [-0.25, -0.2) is 38.7 Å². The van der Waals surface area contributed by atoms with Crippen LogP contribution in [0.25, 0.3) is 10.9 Å². The van der Waals surface area contributed by atoms with Gasteiger partial charge in [-0.1, -0.05) is 24.3 Å². The molecule has 55 heavy (non-hydrogen) atoms. The van der Waals surface area contributed by atoms with Crippen LogP contribution in [-0.2, 0) is 48.9 Å². The van der Waals surface area contributed by atoms with Gasteiger partial charge in [0.1, 0.15) is 15.3 Å². The first-order valence-electron chi connectivity index (χ1n) is 16.3. The van der Waals surface area contributed by atoms with Crippen LogP contribution in [0.1, 0.15) is 33.3 Å². The van der Waals surface area contributed by atoms with Crippen LogP contribution in [0.15, 0.2) is 123 Å². The Labute approximate surface area is 321 Å². The van der Waals surface area contributed by atoms with Crippen molar-refractivity contribution < 1.29 is 43.3 Å². The normalized spacial score (nSPS) is 12.6. The van der Waals surface area contributed by atoms with Crippen molar-refractivity contribution in [3.05, 3.63) is 109 Å². The van der Waals surface area contributed by atoms with E-state index in [0.717, 1.165) is 29.0 Å². The van der Waals surface area contributed by atoms with Crippen molar-refractivity contribution in [2.24, 2.45) is 0 Å². The molecular weight excluding hydrogens is 789 g/mol. The minimum atomic E-state index is -4.09. The number of hydrogen-bond acceptors (Lipinski definition) is 12. The topological polar surface area (TPSA) is 221 Å². The van der Waals surface area contributed by atoms with E-state index < -0.39 is 60.7 Å². The van der Waals surface area contributed by atoms with E-state index in [1.165, 1.54) is 82.4 Å². The van der Waals surface area contributed by atoms with Crippen LogP contribution in [0, 0.1) is 6.92 Å². The number of amides is 2. The third-order valence-corrected chi connectivity index (χ3v) is 15.7. The third-order valence-electron chi connectivity index (χ3n) is 8.56. The molecule has 0 radical (unpaired) electrons. The second-order valence-electron chi connectivity index (χ2n) is 13.6. The van der Waals surface area contributed by atoms with Gasteiger partial charge in [0.15, 0.2) is 39.3 Å². The summed E-state index contributed by atoms with van der Waals surface area (Å²) in [5.41, 5.74) is 2.04. The minimum absolute atomic E-state index is 0.000876. The standard InChI is InChI=1S/C20H20N2O5S2.C17H20N2O5S2/c1-20(2,29(26,27)17-10-8-16(9-11-17)28(3,24)25)19(23)22-15-12-14-6-4-5-7-18(14)21-13-15;1-12-5-10-15(18-11-12)19-16(20)17(2,3)26(23,24)14-8-6-13(7-9-14)25(4,21)22/h4-13H,1-3H3,(H,22,23);5-11H,1-4H3,(H,18,19,20). The van der Waals surface area contributed by atoms with E-state index in [0.29, 0.717) is 5.69 Å². The minimum Gasteiger partial charge on any atom is -0.323 e. The van der Waals surface area contributed by atoms with Crippen molar-refractivity contribution >= 4 is 73.6 Å². The lowest BCUT2D eigenvalue weighted by Gasteiger charge is -2.24. The molecule has 5 aromatic rings. The van der Waals surface area contributed by atoms with E-state index in [-0.39, 0.29) is 25.4 Å². The Hall–Kier alpha value is -5.04. The van der Waals surface area contributed by atoms with Crippen LogP contribution < -0.4 is 10.6 Å². The zero-order valence-electron chi connectivity index (χ0n) is 30.9. The Bertz CT molecular complexity index is 2700. The largest absolute Gasteiger partial charge is 0.323 e. The zero-order valence-corrected chi connectivity index (χ0v) is 34.2. The highest BCUT2D eigenvalue weighted by Gasteiger charge is 2.44. The molecule has 3 aromatic carbocycles. The first-order valence-corrected chi connectivity index (χ1v) is 23.0.